The van der Waals surface area contributed by atoms with Gasteiger partial charge in [-0.3, -0.25) is 19.3 Å². The second-order valence-electron chi connectivity index (χ2n) is 7.13. The zero-order valence-electron chi connectivity index (χ0n) is 16.1. The summed E-state index contributed by atoms with van der Waals surface area (Å²) in [6.07, 6.45) is -4.29. The molecule has 3 aromatic rings. The van der Waals surface area contributed by atoms with Gasteiger partial charge in [0.25, 0.3) is 0 Å². The molecular formula is C21H17F3N4O3. The number of para-hydroxylation sites is 2. The van der Waals surface area contributed by atoms with E-state index in [1.165, 1.54) is 17.0 Å². The highest BCUT2D eigenvalue weighted by Gasteiger charge is 2.38. The average Bonchev–Trinajstić information content (AvgIpc) is 3.24. The Labute approximate surface area is 174 Å². The number of nitrogens with one attached hydrogen (secondary N) is 1. The average molecular weight is 430 g/mol. The molecule has 1 saturated heterocycles. The summed E-state index contributed by atoms with van der Waals surface area (Å²) in [6.45, 7) is -0.421. The van der Waals surface area contributed by atoms with Crippen LogP contribution in [0.15, 0.2) is 48.5 Å². The smallest absolute Gasteiger partial charge is 0.325 e. The van der Waals surface area contributed by atoms with Crippen LogP contribution in [0.4, 0.5) is 18.9 Å². The third kappa shape index (κ3) is 4.27. The number of benzene rings is 2. The van der Waals surface area contributed by atoms with E-state index >= 15 is 0 Å². The van der Waals surface area contributed by atoms with Gasteiger partial charge in [0.15, 0.2) is 0 Å². The van der Waals surface area contributed by atoms with E-state index in [4.69, 9.17) is 0 Å². The van der Waals surface area contributed by atoms with Crippen LogP contribution in [0.3, 0.4) is 0 Å². The van der Waals surface area contributed by atoms with Gasteiger partial charge in [0.2, 0.25) is 23.5 Å². The minimum Gasteiger partial charge on any atom is -0.325 e. The van der Waals surface area contributed by atoms with Crippen molar-refractivity contribution in [2.24, 2.45) is 0 Å². The quantitative estimate of drug-likeness (QED) is 0.630. The molecule has 0 atom stereocenters. The number of rotatable bonds is 5. The molecule has 2 aromatic carbocycles. The number of carbonyl (C=O) groups is 3. The Morgan fingerprint density at radius 1 is 1.00 bits per heavy atom. The summed E-state index contributed by atoms with van der Waals surface area (Å²) in [7, 11) is 0. The zero-order valence-corrected chi connectivity index (χ0v) is 16.1. The van der Waals surface area contributed by atoms with Gasteiger partial charge < -0.3 is 9.88 Å². The van der Waals surface area contributed by atoms with Crippen molar-refractivity contribution in [2.45, 2.75) is 32.1 Å². The molecule has 3 amide bonds. The SMILES string of the molecule is O=C(Cn1c(C(F)(F)F)nc2ccccc21)Nc1ccc(CN2C(=O)CCC2=O)cc1. The Kier molecular flexibility index (Phi) is 5.22. The van der Waals surface area contributed by atoms with E-state index in [-0.39, 0.29) is 42.2 Å². The van der Waals surface area contributed by atoms with Crippen molar-refractivity contribution in [1.29, 1.82) is 0 Å². The molecule has 7 nitrogen and oxygen atoms in total. The summed E-state index contributed by atoms with van der Waals surface area (Å²) >= 11 is 0. The van der Waals surface area contributed by atoms with Crippen LogP contribution in [0.1, 0.15) is 24.2 Å². The normalized spacial score (nSPS) is 14.5. The molecule has 1 aliphatic rings. The predicted molar refractivity (Wildman–Crippen MR) is 105 cm³/mol. The summed E-state index contributed by atoms with van der Waals surface area (Å²) in [4.78, 5) is 40.6. The molecule has 4 rings (SSSR count). The van der Waals surface area contributed by atoms with Crippen LogP contribution in [0, 0.1) is 0 Å². The van der Waals surface area contributed by atoms with Crippen LogP contribution in [0.2, 0.25) is 0 Å². The first-order chi connectivity index (χ1) is 14.7. The molecule has 0 unspecified atom stereocenters. The highest BCUT2D eigenvalue weighted by Crippen LogP contribution is 2.31. The first-order valence-corrected chi connectivity index (χ1v) is 9.47. The van der Waals surface area contributed by atoms with Crippen LogP contribution in [0.5, 0.6) is 0 Å². The van der Waals surface area contributed by atoms with Crippen molar-refractivity contribution >= 4 is 34.4 Å². The first kappa shape index (κ1) is 20.6. The minimum absolute atomic E-state index is 0.141. The van der Waals surface area contributed by atoms with Gasteiger partial charge in [-0.25, -0.2) is 4.98 Å². The number of hydrogen-bond donors (Lipinski definition) is 1. The lowest BCUT2D eigenvalue weighted by molar-refractivity contribution is -0.147. The number of likely N-dealkylation sites (tertiary alicyclic amines) is 1. The van der Waals surface area contributed by atoms with Crippen LogP contribution >= 0.6 is 0 Å². The van der Waals surface area contributed by atoms with Gasteiger partial charge in [0.1, 0.15) is 6.54 Å². The van der Waals surface area contributed by atoms with E-state index in [1.54, 1.807) is 36.4 Å². The number of nitrogens with zero attached hydrogens (tertiary/aromatic N) is 3. The Morgan fingerprint density at radius 2 is 1.65 bits per heavy atom. The number of alkyl halides is 3. The second kappa shape index (κ2) is 7.86. The Bertz CT molecular complexity index is 1150. The number of halogens is 3. The molecule has 1 aromatic heterocycles. The Balaban J connectivity index is 1.47. The fourth-order valence-corrected chi connectivity index (χ4v) is 3.47. The molecule has 1 N–H and O–H groups in total. The largest absolute Gasteiger partial charge is 0.449 e. The van der Waals surface area contributed by atoms with Crippen molar-refractivity contribution in [3.8, 4) is 0 Å². The van der Waals surface area contributed by atoms with E-state index < -0.39 is 24.5 Å². The lowest BCUT2D eigenvalue weighted by Crippen LogP contribution is -2.28. The number of aromatic nitrogens is 2. The standard InChI is InChI=1S/C21H17F3N4O3/c22-21(23,24)20-26-15-3-1-2-4-16(15)27(20)12-17(29)25-14-7-5-13(6-8-14)11-28-18(30)9-10-19(28)31/h1-8H,9-12H2,(H,25,29). The first-order valence-electron chi connectivity index (χ1n) is 9.47. The van der Waals surface area contributed by atoms with Gasteiger partial charge in [-0.1, -0.05) is 24.3 Å². The second-order valence-corrected chi connectivity index (χ2v) is 7.13. The predicted octanol–water partition coefficient (Wildman–Crippen LogP) is 3.34. The van der Waals surface area contributed by atoms with Gasteiger partial charge in [-0.15, -0.1) is 0 Å². The van der Waals surface area contributed by atoms with Crippen molar-refractivity contribution < 1.29 is 27.6 Å². The molecule has 0 bridgehead atoms. The fourth-order valence-electron chi connectivity index (χ4n) is 3.47. The molecule has 1 aliphatic heterocycles. The van der Waals surface area contributed by atoms with Crippen LogP contribution in [0.25, 0.3) is 11.0 Å². The highest BCUT2D eigenvalue weighted by atomic mass is 19.4. The number of carbonyl (C=O) groups excluding carboxylic acids is 3. The van der Waals surface area contributed by atoms with Crippen molar-refractivity contribution in [2.75, 3.05) is 5.32 Å². The van der Waals surface area contributed by atoms with Gasteiger partial charge in [0.05, 0.1) is 17.6 Å². The van der Waals surface area contributed by atoms with Crippen LogP contribution < -0.4 is 5.32 Å². The number of fused-ring (bicyclic) bond motifs is 1. The number of imidazole rings is 1. The van der Waals surface area contributed by atoms with Crippen LogP contribution in [-0.4, -0.2) is 32.2 Å². The van der Waals surface area contributed by atoms with Crippen LogP contribution in [-0.2, 0) is 33.6 Å². The maximum absolute atomic E-state index is 13.4. The maximum Gasteiger partial charge on any atom is 0.449 e. The van der Waals surface area contributed by atoms with Crippen molar-refractivity contribution in [3.05, 3.63) is 59.9 Å². The molecule has 10 heteroatoms. The Morgan fingerprint density at radius 3 is 2.29 bits per heavy atom. The lowest BCUT2D eigenvalue weighted by Gasteiger charge is -2.14. The number of hydrogen-bond acceptors (Lipinski definition) is 4. The summed E-state index contributed by atoms with van der Waals surface area (Å²) in [5, 5.41) is 2.56. The van der Waals surface area contributed by atoms with E-state index in [0.717, 1.165) is 4.57 Å². The molecule has 2 heterocycles. The highest BCUT2D eigenvalue weighted by molar-refractivity contribution is 6.01. The number of anilines is 1. The van der Waals surface area contributed by atoms with E-state index in [1.807, 2.05) is 0 Å². The minimum atomic E-state index is -4.70. The summed E-state index contributed by atoms with van der Waals surface area (Å²) in [6, 6.07) is 12.5. The summed E-state index contributed by atoms with van der Waals surface area (Å²) < 4.78 is 40.9. The third-order valence-electron chi connectivity index (χ3n) is 4.94. The topological polar surface area (TPSA) is 84.3 Å². The van der Waals surface area contributed by atoms with E-state index in [2.05, 4.69) is 10.3 Å². The van der Waals surface area contributed by atoms with Crippen molar-refractivity contribution in [1.82, 2.24) is 14.5 Å². The fraction of sp³-hybridized carbons (Fsp3) is 0.238. The molecular weight excluding hydrogens is 413 g/mol. The third-order valence-corrected chi connectivity index (χ3v) is 4.94. The molecule has 0 spiro atoms. The summed E-state index contributed by atoms with van der Waals surface area (Å²) in [5.74, 6) is -2.24. The van der Waals surface area contributed by atoms with Crippen molar-refractivity contribution in [3.63, 3.8) is 0 Å². The van der Waals surface area contributed by atoms with E-state index in [0.29, 0.717) is 11.3 Å². The molecule has 1 fully saturated rings. The lowest BCUT2D eigenvalue weighted by atomic mass is 10.2. The van der Waals surface area contributed by atoms with Gasteiger partial charge in [-0.05, 0) is 29.8 Å². The molecule has 31 heavy (non-hydrogen) atoms. The summed E-state index contributed by atoms with van der Waals surface area (Å²) in [5.41, 5.74) is 1.44. The molecule has 0 radical (unpaired) electrons. The Hall–Kier alpha value is -3.69. The zero-order chi connectivity index (χ0) is 22.2. The van der Waals surface area contributed by atoms with E-state index in [9.17, 15) is 27.6 Å². The molecule has 0 saturated carbocycles. The number of amides is 3. The monoisotopic (exact) mass is 430 g/mol. The van der Waals surface area contributed by atoms with Gasteiger partial charge in [-0.2, -0.15) is 13.2 Å². The molecule has 0 aliphatic carbocycles. The maximum atomic E-state index is 13.4. The molecule has 160 valence electrons. The van der Waals surface area contributed by atoms with Gasteiger partial charge >= 0.3 is 6.18 Å². The van der Waals surface area contributed by atoms with Gasteiger partial charge in [0, 0.05) is 18.5 Å². The number of imide groups is 1.